The molecule has 0 amide bonds. The Morgan fingerprint density at radius 2 is 1.18 bits per heavy atom. The van der Waals surface area contributed by atoms with Gasteiger partial charge in [0.2, 0.25) is 0 Å². The summed E-state index contributed by atoms with van der Waals surface area (Å²) >= 11 is 0. The van der Waals surface area contributed by atoms with Gasteiger partial charge in [0, 0.05) is 38.9 Å². The van der Waals surface area contributed by atoms with Gasteiger partial charge < -0.3 is 9.47 Å². The second kappa shape index (κ2) is 10.2. The lowest BCUT2D eigenvalue weighted by atomic mass is 9.74. The van der Waals surface area contributed by atoms with Gasteiger partial charge in [-0.2, -0.15) is 0 Å². The van der Waals surface area contributed by atoms with Crippen molar-refractivity contribution in [2.24, 2.45) is 0 Å². The van der Waals surface area contributed by atoms with Gasteiger partial charge in [-0.3, -0.25) is 0 Å². The number of hydrogen-bond donors (Lipinski definition) is 0. The van der Waals surface area contributed by atoms with E-state index in [9.17, 15) is 4.39 Å². The van der Waals surface area contributed by atoms with E-state index in [1.54, 1.807) is 0 Å². The van der Waals surface area contributed by atoms with Crippen LogP contribution in [-0.2, 0) is 5.41 Å². The molecule has 8 rings (SSSR count). The smallest absolute Gasteiger partial charge is 0.123 e. The predicted octanol–water partition coefficient (Wildman–Crippen LogP) is 11.5. The molecule has 1 heterocycles. The van der Waals surface area contributed by atoms with E-state index in [-0.39, 0.29) is 11.2 Å². The molecule has 0 N–H and O–H groups in total. The number of anilines is 3. The fourth-order valence-corrected chi connectivity index (χ4v) is 7.59. The van der Waals surface area contributed by atoms with E-state index in [1.807, 2.05) is 12.1 Å². The quantitative estimate of drug-likeness (QED) is 0.192. The summed E-state index contributed by atoms with van der Waals surface area (Å²) in [5, 5.41) is 2.33. The topological polar surface area (TPSA) is 8.17 Å². The van der Waals surface area contributed by atoms with Crippen LogP contribution in [0, 0.1) is 5.82 Å². The van der Waals surface area contributed by atoms with Crippen molar-refractivity contribution < 1.29 is 4.39 Å². The zero-order valence-electron chi connectivity index (χ0n) is 25.0. The van der Waals surface area contributed by atoms with Crippen molar-refractivity contribution >= 4 is 38.9 Å². The molecule has 0 aliphatic heterocycles. The highest BCUT2D eigenvalue weighted by Gasteiger charge is 2.40. The van der Waals surface area contributed by atoms with E-state index in [0.29, 0.717) is 0 Å². The number of benzene rings is 6. The highest BCUT2D eigenvalue weighted by Crippen LogP contribution is 2.54. The van der Waals surface area contributed by atoms with Gasteiger partial charge in [-0.25, -0.2) is 4.39 Å². The van der Waals surface area contributed by atoms with Crippen molar-refractivity contribution in [2.45, 2.75) is 32.1 Å². The van der Waals surface area contributed by atoms with Crippen LogP contribution in [-0.4, -0.2) is 4.57 Å². The van der Waals surface area contributed by atoms with Gasteiger partial charge in [0.05, 0.1) is 11.0 Å². The van der Waals surface area contributed by atoms with Crippen molar-refractivity contribution in [1.29, 1.82) is 0 Å². The third kappa shape index (κ3) is 3.85. The number of aromatic nitrogens is 1. The average Bonchev–Trinajstić information content (AvgIpc) is 3.55. The first-order valence-corrected chi connectivity index (χ1v) is 15.5. The molecule has 0 saturated carbocycles. The molecule has 3 heteroatoms. The standard InChI is InChI=1S/C41H33FN2/c1-3-41(4-2)37-16-10-8-14-33(37)34-24-22-32(27-38(34)41)43(29-12-6-5-7-13-29)31-23-25-40-36(26-31)35-15-9-11-17-39(35)44(40)30-20-18-28(42)19-21-30/h5-27H,3-4H2,1-2H3. The van der Waals surface area contributed by atoms with Crippen molar-refractivity contribution in [3.05, 3.63) is 156 Å². The Morgan fingerprint density at radius 1 is 0.545 bits per heavy atom. The van der Waals surface area contributed by atoms with Crippen LogP contribution in [0.15, 0.2) is 140 Å². The van der Waals surface area contributed by atoms with E-state index in [1.165, 1.54) is 39.8 Å². The lowest BCUT2D eigenvalue weighted by Crippen LogP contribution is -2.23. The van der Waals surface area contributed by atoms with Crippen molar-refractivity contribution in [3.8, 4) is 16.8 Å². The van der Waals surface area contributed by atoms with E-state index in [4.69, 9.17) is 0 Å². The lowest BCUT2D eigenvalue weighted by Gasteiger charge is -2.31. The molecule has 0 atom stereocenters. The zero-order valence-corrected chi connectivity index (χ0v) is 25.0. The molecule has 7 aromatic rings. The first kappa shape index (κ1) is 26.5. The summed E-state index contributed by atoms with van der Waals surface area (Å²) in [5.41, 5.74) is 12.1. The maximum Gasteiger partial charge on any atom is 0.123 e. The largest absolute Gasteiger partial charge is 0.310 e. The van der Waals surface area contributed by atoms with Crippen molar-refractivity contribution in [1.82, 2.24) is 4.57 Å². The Morgan fingerprint density at radius 3 is 1.98 bits per heavy atom. The van der Waals surface area contributed by atoms with Crippen molar-refractivity contribution in [2.75, 3.05) is 4.90 Å². The van der Waals surface area contributed by atoms with Crippen LogP contribution in [0.5, 0.6) is 0 Å². The molecule has 6 aromatic carbocycles. The van der Waals surface area contributed by atoms with Gasteiger partial charge in [-0.1, -0.05) is 80.6 Å². The van der Waals surface area contributed by atoms with Crippen LogP contribution in [0.1, 0.15) is 37.8 Å². The lowest BCUT2D eigenvalue weighted by molar-refractivity contribution is 0.490. The molecule has 2 nitrogen and oxygen atoms in total. The minimum atomic E-state index is -0.233. The summed E-state index contributed by atoms with van der Waals surface area (Å²) in [6, 6.07) is 48.6. The maximum absolute atomic E-state index is 13.9. The third-order valence-corrected chi connectivity index (χ3v) is 9.73. The van der Waals surface area contributed by atoms with Crippen LogP contribution in [0.3, 0.4) is 0 Å². The molecule has 1 aliphatic rings. The molecule has 214 valence electrons. The minimum Gasteiger partial charge on any atom is -0.310 e. The maximum atomic E-state index is 13.9. The second-order valence-corrected chi connectivity index (χ2v) is 11.8. The SMILES string of the molecule is CCC1(CC)c2ccccc2-c2ccc(N(c3ccccc3)c3ccc4c(c3)c3ccccc3n4-c3ccc(F)cc3)cc21. The Hall–Kier alpha value is -5.15. The number of nitrogens with zero attached hydrogens (tertiary/aromatic N) is 2. The molecule has 0 spiro atoms. The molecule has 0 bridgehead atoms. The first-order valence-electron chi connectivity index (χ1n) is 15.5. The molecule has 0 fully saturated rings. The number of fused-ring (bicyclic) bond motifs is 6. The molecule has 0 saturated heterocycles. The van der Waals surface area contributed by atoms with Gasteiger partial charge in [-0.05, 0) is 108 Å². The number of halogens is 1. The molecular weight excluding hydrogens is 539 g/mol. The summed E-state index contributed by atoms with van der Waals surface area (Å²) < 4.78 is 16.1. The first-order chi connectivity index (χ1) is 21.6. The zero-order chi connectivity index (χ0) is 29.8. The Labute approximate surface area is 257 Å². The Balaban J connectivity index is 1.35. The normalized spacial score (nSPS) is 13.2. The van der Waals surface area contributed by atoms with Crippen LogP contribution in [0.25, 0.3) is 38.6 Å². The Bertz CT molecular complexity index is 2150. The molecule has 1 aromatic heterocycles. The van der Waals surface area contributed by atoms with E-state index >= 15 is 0 Å². The van der Waals surface area contributed by atoms with Gasteiger partial charge in [0.1, 0.15) is 5.82 Å². The molecule has 0 radical (unpaired) electrons. The molecule has 1 aliphatic carbocycles. The summed E-state index contributed by atoms with van der Waals surface area (Å²) in [5.74, 6) is -0.233. The highest BCUT2D eigenvalue weighted by molar-refractivity contribution is 6.10. The number of para-hydroxylation sites is 2. The van der Waals surface area contributed by atoms with Crippen molar-refractivity contribution in [3.63, 3.8) is 0 Å². The fourth-order valence-electron chi connectivity index (χ4n) is 7.59. The summed E-state index contributed by atoms with van der Waals surface area (Å²) in [6.45, 7) is 4.64. The average molecular weight is 573 g/mol. The van der Waals surface area contributed by atoms with Gasteiger partial charge in [0.15, 0.2) is 0 Å². The summed E-state index contributed by atoms with van der Waals surface area (Å²) in [4.78, 5) is 2.38. The van der Waals surface area contributed by atoms with Crippen LogP contribution < -0.4 is 4.90 Å². The highest BCUT2D eigenvalue weighted by atomic mass is 19.1. The summed E-state index contributed by atoms with van der Waals surface area (Å²) in [6.07, 6.45) is 2.11. The second-order valence-electron chi connectivity index (χ2n) is 11.8. The fraction of sp³-hybridized carbons (Fsp3) is 0.122. The van der Waals surface area contributed by atoms with Gasteiger partial charge >= 0.3 is 0 Å². The van der Waals surface area contributed by atoms with Crippen LogP contribution in [0.2, 0.25) is 0 Å². The predicted molar refractivity (Wildman–Crippen MR) is 182 cm³/mol. The van der Waals surface area contributed by atoms with Gasteiger partial charge in [-0.15, -0.1) is 0 Å². The third-order valence-electron chi connectivity index (χ3n) is 9.73. The molecule has 44 heavy (non-hydrogen) atoms. The van der Waals surface area contributed by atoms with E-state index in [2.05, 4.69) is 139 Å². The number of rotatable bonds is 6. The monoisotopic (exact) mass is 572 g/mol. The molecular formula is C41H33FN2. The van der Waals surface area contributed by atoms with Crippen LogP contribution in [0.4, 0.5) is 21.5 Å². The summed E-state index contributed by atoms with van der Waals surface area (Å²) in [7, 11) is 0. The molecule has 0 unspecified atom stereocenters. The Kier molecular flexibility index (Phi) is 6.16. The van der Waals surface area contributed by atoms with E-state index < -0.39 is 0 Å². The van der Waals surface area contributed by atoms with Crippen LogP contribution >= 0.6 is 0 Å². The van der Waals surface area contributed by atoms with E-state index in [0.717, 1.165) is 52.0 Å². The number of hydrogen-bond acceptors (Lipinski definition) is 1. The minimum absolute atomic E-state index is 0.00315. The van der Waals surface area contributed by atoms with Gasteiger partial charge in [0.25, 0.3) is 0 Å².